The van der Waals surface area contributed by atoms with E-state index in [1.54, 1.807) is 0 Å². The summed E-state index contributed by atoms with van der Waals surface area (Å²) in [5, 5.41) is 6.89. The smallest absolute Gasteiger partial charge is 0.191 e. The van der Waals surface area contributed by atoms with E-state index in [0.29, 0.717) is 6.04 Å². The molecule has 0 amide bonds. The second-order valence-electron chi connectivity index (χ2n) is 6.31. The van der Waals surface area contributed by atoms with Crippen LogP contribution in [0.1, 0.15) is 26.2 Å². The van der Waals surface area contributed by atoms with Crippen LogP contribution in [0, 0.1) is 5.92 Å². The zero-order valence-electron chi connectivity index (χ0n) is 13.4. The summed E-state index contributed by atoms with van der Waals surface area (Å²) in [6.07, 6.45) is 3.76. The molecule has 1 aliphatic heterocycles. The van der Waals surface area contributed by atoms with Gasteiger partial charge in [0.1, 0.15) is 0 Å². The largest absolute Gasteiger partial charge is 0.356 e. The van der Waals surface area contributed by atoms with Crippen molar-refractivity contribution in [2.45, 2.75) is 32.2 Å². The molecule has 20 heavy (non-hydrogen) atoms. The van der Waals surface area contributed by atoms with Gasteiger partial charge < -0.3 is 20.4 Å². The lowest BCUT2D eigenvalue weighted by molar-refractivity contribution is 0.274. The Labute approximate surface area is 123 Å². The molecule has 0 aromatic rings. The highest BCUT2D eigenvalue weighted by atomic mass is 15.2. The van der Waals surface area contributed by atoms with E-state index in [9.17, 15) is 0 Å². The van der Waals surface area contributed by atoms with E-state index >= 15 is 0 Å². The zero-order valence-corrected chi connectivity index (χ0v) is 13.4. The Morgan fingerprint density at radius 2 is 2.05 bits per heavy atom. The Morgan fingerprint density at radius 3 is 2.75 bits per heavy atom. The van der Waals surface area contributed by atoms with Crippen LogP contribution in [0.2, 0.25) is 0 Å². The molecule has 0 aromatic carbocycles. The van der Waals surface area contributed by atoms with Crippen molar-refractivity contribution in [3.8, 4) is 0 Å². The molecule has 2 aliphatic rings. The van der Waals surface area contributed by atoms with Crippen LogP contribution in [0.25, 0.3) is 0 Å². The average Bonchev–Trinajstić information content (AvgIpc) is 3.17. The lowest BCUT2D eigenvalue weighted by Gasteiger charge is -2.20. The van der Waals surface area contributed by atoms with Crippen molar-refractivity contribution in [1.82, 2.24) is 20.4 Å². The fourth-order valence-electron chi connectivity index (χ4n) is 2.73. The molecule has 1 saturated heterocycles. The van der Waals surface area contributed by atoms with Crippen molar-refractivity contribution in [2.24, 2.45) is 10.9 Å². The fraction of sp³-hybridized carbons (Fsp3) is 0.933. The first-order valence-electron chi connectivity index (χ1n) is 8.07. The molecule has 2 fully saturated rings. The molecular formula is C15H31N5. The topological polar surface area (TPSA) is 42.9 Å². The summed E-state index contributed by atoms with van der Waals surface area (Å²) in [6.45, 7) is 9.38. The predicted octanol–water partition coefficient (Wildman–Crippen LogP) is 0.587. The van der Waals surface area contributed by atoms with E-state index in [1.165, 1.54) is 52.0 Å². The number of hydrogen-bond acceptors (Lipinski definition) is 3. The van der Waals surface area contributed by atoms with Gasteiger partial charge in [-0.1, -0.05) is 6.92 Å². The van der Waals surface area contributed by atoms with Crippen LogP contribution in [0.15, 0.2) is 4.99 Å². The van der Waals surface area contributed by atoms with Crippen molar-refractivity contribution in [1.29, 1.82) is 0 Å². The summed E-state index contributed by atoms with van der Waals surface area (Å²) in [6, 6.07) is 0.641. The van der Waals surface area contributed by atoms with Gasteiger partial charge in [0, 0.05) is 32.7 Å². The summed E-state index contributed by atoms with van der Waals surface area (Å²) in [4.78, 5) is 9.31. The van der Waals surface area contributed by atoms with E-state index in [0.717, 1.165) is 18.4 Å². The van der Waals surface area contributed by atoms with Crippen LogP contribution in [-0.4, -0.2) is 75.2 Å². The third-order valence-electron chi connectivity index (χ3n) is 4.41. The highest BCUT2D eigenvalue weighted by Crippen LogP contribution is 2.28. The third-order valence-corrected chi connectivity index (χ3v) is 4.41. The van der Waals surface area contributed by atoms with Gasteiger partial charge in [-0.05, 0) is 51.9 Å². The van der Waals surface area contributed by atoms with Gasteiger partial charge in [-0.25, -0.2) is 0 Å². The molecule has 2 N–H and O–H groups in total. The van der Waals surface area contributed by atoms with Crippen molar-refractivity contribution in [3.05, 3.63) is 0 Å². The standard InChI is InChI=1S/C15H31N5/c1-13-12-14(13)18-15(16-2)17-6-4-8-20-9-5-7-19(3)10-11-20/h13-14H,4-12H2,1-3H3,(H2,16,17,18). The molecule has 2 rings (SSSR count). The number of nitrogens with one attached hydrogen (secondary N) is 2. The monoisotopic (exact) mass is 281 g/mol. The van der Waals surface area contributed by atoms with Gasteiger partial charge in [0.2, 0.25) is 0 Å². The Balaban J connectivity index is 1.56. The van der Waals surface area contributed by atoms with E-state index in [1.807, 2.05) is 7.05 Å². The molecule has 0 radical (unpaired) electrons. The second kappa shape index (κ2) is 7.84. The minimum atomic E-state index is 0.641. The first-order chi connectivity index (χ1) is 9.69. The van der Waals surface area contributed by atoms with Gasteiger partial charge in [0.15, 0.2) is 5.96 Å². The van der Waals surface area contributed by atoms with E-state index < -0.39 is 0 Å². The summed E-state index contributed by atoms with van der Waals surface area (Å²) in [5.74, 6) is 1.78. The maximum Gasteiger partial charge on any atom is 0.191 e. The Hall–Kier alpha value is -0.810. The van der Waals surface area contributed by atoms with Gasteiger partial charge in [-0.2, -0.15) is 0 Å². The minimum absolute atomic E-state index is 0.641. The second-order valence-corrected chi connectivity index (χ2v) is 6.31. The Kier molecular flexibility index (Phi) is 6.10. The van der Waals surface area contributed by atoms with Gasteiger partial charge in [-0.15, -0.1) is 0 Å². The molecule has 2 unspecified atom stereocenters. The Bertz CT molecular complexity index is 317. The first kappa shape index (κ1) is 15.6. The third kappa shape index (κ3) is 5.29. The van der Waals surface area contributed by atoms with Crippen LogP contribution < -0.4 is 10.6 Å². The molecule has 1 aliphatic carbocycles. The molecule has 5 heteroatoms. The zero-order chi connectivity index (χ0) is 14.4. The molecule has 1 saturated carbocycles. The van der Waals surface area contributed by atoms with Gasteiger partial charge in [0.05, 0.1) is 0 Å². The summed E-state index contributed by atoms with van der Waals surface area (Å²) < 4.78 is 0. The van der Waals surface area contributed by atoms with Gasteiger partial charge >= 0.3 is 0 Å². The number of nitrogens with zero attached hydrogens (tertiary/aromatic N) is 3. The molecule has 0 bridgehead atoms. The van der Waals surface area contributed by atoms with Crippen LogP contribution in [0.5, 0.6) is 0 Å². The number of rotatable bonds is 5. The van der Waals surface area contributed by atoms with Gasteiger partial charge in [-0.3, -0.25) is 4.99 Å². The number of hydrogen-bond donors (Lipinski definition) is 2. The molecular weight excluding hydrogens is 250 g/mol. The lowest BCUT2D eigenvalue weighted by atomic mass is 10.3. The molecule has 0 spiro atoms. The quantitative estimate of drug-likeness (QED) is 0.440. The summed E-state index contributed by atoms with van der Waals surface area (Å²) in [5.41, 5.74) is 0. The number of guanidine groups is 1. The lowest BCUT2D eigenvalue weighted by Crippen LogP contribution is -2.40. The minimum Gasteiger partial charge on any atom is -0.356 e. The van der Waals surface area contributed by atoms with Crippen LogP contribution in [0.4, 0.5) is 0 Å². The van der Waals surface area contributed by atoms with E-state index in [4.69, 9.17) is 0 Å². The van der Waals surface area contributed by atoms with Crippen LogP contribution >= 0.6 is 0 Å². The number of likely N-dealkylation sites (N-methyl/N-ethyl adjacent to an activating group) is 1. The van der Waals surface area contributed by atoms with Crippen LogP contribution in [-0.2, 0) is 0 Å². The maximum atomic E-state index is 4.29. The molecule has 116 valence electrons. The van der Waals surface area contributed by atoms with E-state index in [-0.39, 0.29) is 0 Å². The van der Waals surface area contributed by atoms with Crippen molar-refractivity contribution < 1.29 is 0 Å². The highest BCUT2D eigenvalue weighted by Gasteiger charge is 2.33. The van der Waals surface area contributed by atoms with Crippen molar-refractivity contribution in [2.75, 3.05) is 53.4 Å². The van der Waals surface area contributed by atoms with Crippen molar-refractivity contribution in [3.63, 3.8) is 0 Å². The SMILES string of the molecule is CN=C(NCCCN1CCCN(C)CC1)NC1CC1C. The molecule has 1 heterocycles. The Morgan fingerprint density at radius 1 is 1.25 bits per heavy atom. The first-order valence-corrected chi connectivity index (χ1v) is 8.07. The van der Waals surface area contributed by atoms with E-state index in [2.05, 4.69) is 39.4 Å². The average molecular weight is 281 g/mol. The molecule has 0 aromatic heterocycles. The molecule has 5 nitrogen and oxygen atoms in total. The molecule has 2 atom stereocenters. The van der Waals surface area contributed by atoms with Gasteiger partial charge in [0.25, 0.3) is 0 Å². The summed E-state index contributed by atoms with van der Waals surface area (Å²) >= 11 is 0. The fourth-order valence-corrected chi connectivity index (χ4v) is 2.73. The summed E-state index contributed by atoms with van der Waals surface area (Å²) in [7, 11) is 4.08. The van der Waals surface area contributed by atoms with Crippen LogP contribution in [0.3, 0.4) is 0 Å². The normalized spacial score (nSPS) is 29.1. The predicted molar refractivity (Wildman–Crippen MR) is 85.2 cm³/mol. The maximum absolute atomic E-state index is 4.29. The number of aliphatic imine (C=N–C) groups is 1. The highest BCUT2D eigenvalue weighted by molar-refractivity contribution is 5.80. The van der Waals surface area contributed by atoms with Crippen molar-refractivity contribution >= 4 is 5.96 Å².